The molecule has 0 unspecified atom stereocenters. The standard InChI is InChI=1S/C16H16BrNO3/c1-10-8-11(4-7-15(10)21-3)18-16(19)13-9-12(20-2)5-6-14(13)17/h4-9H,1-3H3,(H,18,19). The van der Waals surface area contributed by atoms with Crippen LogP contribution in [0.1, 0.15) is 15.9 Å². The van der Waals surface area contributed by atoms with Gasteiger partial charge < -0.3 is 14.8 Å². The highest BCUT2D eigenvalue weighted by atomic mass is 79.9. The Morgan fingerprint density at radius 3 is 2.48 bits per heavy atom. The summed E-state index contributed by atoms with van der Waals surface area (Å²) in [7, 11) is 3.19. The van der Waals surface area contributed by atoms with E-state index in [1.54, 1.807) is 38.5 Å². The molecular formula is C16H16BrNO3. The fourth-order valence-corrected chi connectivity index (χ4v) is 2.39. The summed E-state index contributed by atoms with van der Waals surface area (Å²) in [5.74, 6) is 1.22. The van der Waals surface area contributed by atoms with Crippen LogP contribution in [0, 0.1) is 6.92 Å². The number of halogens is 1. The van der Waals surface area contributed by atoms with Crippen LogP contribution in [0.15, 0.2) is 40.9 Å². The summed E-state index contributed by atoms with van der Waals surface area (Å²) >= 11 is 3.37. The Balaban J connectivity index is 2.23. The molecule has 2 aromatic carbocycles. The lowest BCUT2D eigenvalue weighted by atomic mass is 10.1. The van der Waals surface area contributed by atoms with E-state index in [1.165, 1.54) is 0 Å². The van der Waals surface area contributed by atoms with Crippen molar-refractivity contribution in [2.75, 3.05) is 19.5 Å². The van der Waals surface area contributed by atoms with Crippen molar-refractivity contribution in [2.24, 2.45) is 0 Å². The van der Waals surface area contributed by atoms with Crippen LogP contribution in [-0.4, -0.2) is 20.1 Å². The second kappa shape index (κ2) is 6.63. The molecule has 1 N–H and O–H groups in total. The second-order valence-corrected chi connectivity index (χ2v) is 5.34. The SMILES string of the molecule is COc1ccc(Br)c(C(=O)Nc2ccc(OC)c(C)c2)c1. The van der Waals surface area contributed by atoms with E-state index in [0.29, 0.717) is 21.5 Å². The highest BCUT2D eigenvalue weighted by Gasteiger charge is 2.12. The van der Waals surface area contributed by atoms with Gasteiger partial charge in [-0.15, -0.1) is 0 Å². The quantitative estimate of drug-likeness (QED) is 0.906. The number of anilines is 1. The number of nitrogens with one attached hydrogen (secondary N) is 1. The van der Waals surface area contributed by atoms with Crippen molar-refractivity contribution < 1.29 is 14.3 Å². The molecule has 2 rings (SSSR count). The van der Waals surface area contributed by atoms with Gasteiger partial charge in [-0.1, -0.05) is 0 Å². The van der Waals surface area contributed by atoms with E-state index in [1.807, 2.05) is 19.1 Å². The van der Waals surface area contributed by atoms with Gasteiger partial charge in [0, 0.05) is 10.2 Å². The van der Waals surface area contributed by atoms with Crippen LogP contribution in [0.25, 0.3) is 0 Å². The van der Waals surface area contributed by atoms with Crippen molar-refractivity contribution in [1.82, 2.24) is 0 Å². The van der Waals surface area contributed by atoms with E-state index in [4.69, 9.17) is 9.47 Å². The second-order valence-electron chi connectivity index (χ2n) is 4.48. The third-order valence-corrected chi connectivity index (χ3v) is 3.76. The number of hydrogen-bond donors (Lipinski definition) is 1. The Bertz CT molecular complexity index is 671. The number of carbonyl (C=O) groups is 1. The van der Waals surface area contributed by atoms with E-state index in [9.17, 15) is 4.79 Å². The van der Waals surface area contributed by atoms with E-state index in [0.717, 1.165) is 11.3 Å². The number of aryl methyl sites for hydroxylation is 1. The zero-order chi connectivity index (χ0) is 15.4. The molecule has 0 spiro atoms. The summed E-state index contributed by atoms with van der Waals surface area (Å²) < 4.78 is 11.1. The van der Waals surface area contributed by atoms with Gasteiger partial charge in [-0.25, -0.2) is 0 Å². The molecule has 0 radical (unpaired) electrons. The van der Waals surface area contributed by atoms with Crippen LogP contribution >= 0.6 is 15.9 Å². The number of hydrogen-bond acceptors (Lipinski definition) is 3. The van der Waals surface area contributed by atoms with Gasteiger partial charge >= 0.3 is 0 Å². The normalized spacial score (nSPS) is 10.1. The van der Waals surface area contributed by atoms with Gasteiger partial charge in [0.1, 0.15) is 11.5 Å². The van der Waals surface area contributed by atoms with Gasteiger partial charge in [0.05, 0.1) is 19.8 Å². The largest absolute Gasteiger partial charge is 0.497 e. The van der Waals surface area contributed by atoms with Crippen LogP contribution in [0.4, 0.5) is 5.69 Å². The van der Waals surface area contributed by atoms with Gasteiger partial charge in [0.2, 0.25) is 0 Å². The molecule has 0 bridgehead atoms. The molecule has 5 heteroatoms. The first-order chi connectivity index (χ1) is 10.0. The zero-order valence-electron chi connectivity index (χ0n) is 12.1. The van der Waals surface area contributed by atoms with Crippen LogP contribution in [0.2, 0.25) is 0 Å². The fourth-order valence-electron chi connectivity index (χ4n) is 1.96. The molecule has 2 aromatic rings. The lowest BCUT2D eigenvalue weighted by molar-refractivity contribution is 0.102. The van der Waals surface area contributed by atoms with Crippen molar-refractivity contribution in [3.05, 3.63) is 52.0 Å². The van der Waals surface area contributed by atoms with Crippen LogP contribution in [0.5, 0.6) is 11.5 Å². The van der Waals surface area contributed by atoms with Gasteiger partial charge in [-0.05, 0) is 64.8 Å². The summed E-state index contributed by atoms with van der Waals surface area (Å²) in [5, 5.41) is 2.86. The maximum Gasteiger partial charge on any atom is 0.256 e. The number of carbonyl (C=O) groups excluding carboxylic acids is 1. The lowest BCUT2D eigenvalue weighted by Crippen LogP contribution is -2.13. The van der Waals surface area contributed by atoms with Gasteiger partial charge in [-0.3, -0.25) is 4.79 Å². The molecule has 0 saturated heterocycles. The Morgan fingerprint density at radius 1 is 1.10 bits per heavy atom. The Labute approximate surface area is 132 Å². The van der Waals surface area contributed by atoms with Crippen LogP contribution < -0.4 is 14.8 Å². The van der Waals surface area contributed by atoms with Gasteiger partial charge in [0.15, 0.2) is 0 Å². The molecule has 0 aliphatic rings. The third-order valence-electron chi connectivity index (χ3n) is 3.07. The zero-order valence-corrected chi connectivity index (χ0v) is 13.7. The predicted molar refractivity (Wildman–Crippen MR) is 86.4 cm³/mol. The summed E-state index contributed by atoms with van der Waals surface area (Å²) in [6, 6.07) is 10.8. The van der Waals surface area contributed by atoms with Crippen molar-refractivity contribution >= 4 is 27.5 Å². The summed E-state index contributed by atoms with van der Waals surface area (Å²) in [6.45, 7) is 1.93. The minimum Gasteiger partial charge on any atom is -0.497 e. The third kappa shape index (κ3) is 3.55. The number of benzene rings is 2. The minimum atomic E-state index is -0.203. The Kier molecular flexibility index (Phi) is 4.85. The average Bonchev–Trinajstić information content (AvgIpc) is 2.48. The van der Waals surface area contributed by atoms with E-state index in [2.05, 4.69) is 21.2 Å². The molecule has 0 aliphatic carbocycles. The van der Waals surface area contributed by atoms with E-state index >= 15 is 0 Å². The first kappa shape index (κ1) is 15.4. The molecule has 1 amide bonds. The molecule has 4 nitrogen and oxygen atoms in total. The van der Waals surface area contributed by atoms with Crippen molar-refractivity contribution in [3.63, 3.8) is 0 Å². The average molecular weight is 350 g/mol. The molecule has 0 saturated carbocycles. The first-order valence-corrected chi connectivity index (χ1v) is 7.14. The minimum absolute atomic E-state index is 0.203. The van der Waals surface area contributed by atoms with Crippen molar-refractivity contribution in [1.29, 1.82) is 0 Å². The highest BCUT2D eigenvalue weighted by molar-refractivity contribution is 9.10. The molecule has 0 atom stereocenters. The van der Waals surface area contributed by atoms with Crippen molar-refractivity contribution in [3.8, 4) is 11.5 Å². The van der Waals surface area contributed by atoms with E-state index in [-0.39, 0.29) is 5.91 Å². The Hall–Kier alpha value is -2.01. The molecule has 0 fully saturated rings. The number of amides is 1. The summed E-state index contributed by atoms with van der Waals surface area (Å²) in [4.78, 5) is 12.3. The number of methoxy groups -OCH3 is 2. The monoisotopic (exact) mass is 349 g/mol. The molecule has 110 valence electrons. The molecule has 21 heavy (non-hydrogen) atoms. The summed E-state index contributed by atoms with van der Waals surface area (Å²) in [6.07, 6.45) is 0. The van der Waals surface area contributed by atoms with Gasteiger partial charge in [-0.2, -0.15) is 0 Å². The maximum absolute atomic E-state index is 12.3. The van der Waals surface area contributed by atoms with Gasteiger partial charge in [0.25, 0.3) is 5.91 Å². The maximum atomic E-state index is 12.3. The number of rotatable bonds is 4. The molecule has 0 aromatic heterocycles. The molecular weight excluding hydrogens is 334 g/mol. The van der Waals surface area contributed by atoms with Crippen LogP contribution in [0.3, 0.4) is 0 Å². The molecule has 0 aliphatic heterocycles. The highest BCUT2D eigenvalue weighted by Crippen LogP contribution is 2.25. The first-order valence-electron chi connectivity index (χ1n) is 6.34. The topological polar surface area (TPSA) is 47.6 Å². The predicted octanol–water partition coefficient (Wildman–Crippen LogP) is 4.03. The Morgan fingerprint density at radius 2 is 1.86 bits per heavy atom. The van der Waals surface area contributed by atoms with Crippen molar-refractivity contribution in [2.45, 2.75) is 6.92 Å². The molecule has 0 heterocycles. The lowest BCUT2D eigenvalue weighted by Gasteiger charge is -2.10. The van der Waals surface area contributed by atoms with E-state index < -0.39 is 0 Å². The fraction of sp³-hybridized carbons (Fsp3) is 0.188. The number of ether oxygens (including phenoxy) is 2. The summed E-state index contributed by atoms with van der Waals surface area (Å²) in [5.41, 5.74) is 2.19. The van der Waals surface area contributed by atoms with Crippen LogP contribution in [-0.2, 0) is 0 Å². The smallest absolute Gasteiger partial charge is 0.256 e.